The summed E-state index contributed by atoms with van der Waals surface area (Å²) in [5.41, 5.74) is 0.963. The highest BCUT2D eigenvalue weighted by Gasteiger charge is 2.28. The van der Waals surface area contributed by atoms with Gasteiger partial charge in [0, 0.05) is 23.6 Å². The summed E-state index contributed by atoms with van der Waals surface area (Å²) in [5, 5.41) is 12.1. The van der Waals surface area contributed by atoms with Crippen molar-refractivity contribution in [3.05, 3.63) is 46.6 Å². The van der Waals surface area contributed by atoms with E-state index in [0.29, 0.717) is 5.02 Å². The fraction of sp³-hybridized carbons (Fsp3) is 0.167. The number of amides is 1. The van der Waals surface area contributed by atoms with Crippen molar-refractivity contribution in [2.24, 2.45) is 0 Å². The van der Waals surface area contributed by atoms with Crippen LogP contribution in [0.25, 0.3) is 0 Å². The van der Waals surface area contributed by atoms with Crippen LogP contribution in [0.4, 0.5) is 0 Å². The summed E-state index contributed by atoms with van der Waals surface area (Å²) in [5.74, 6) is -1.63. The van der Waals surface area contributed by atoms with E-state index in [4.69, 9.17) is 16.7 Å². The molecule has 1 amide bonds. The Labute approximate surface area is 103 Å². The van der Waals surface area contributed by atoms with Crippen molar-refractivity contribution in [2.75, 3.05) is 0 Å². The zero-order chi connectivity index (χ0) is 12.4. The summed E-state index contributed by atoms with van der Waals surface area (Å²) < 4.78 is 0. The van der Waals surface area contributed by atoms with Gasteiger partial charge in [-0.2, -0.15) is 0 Å². The predicted molar refractivity (Wildman–Crippen MR) is 62.7 cm³/mol. The molecule has 1 aromatic rings. The second-order valence-corrected chi connectivity index (χ2v) is 4.22. The molecule has 0 saturated carbocycles. The highest BCUT2D eigenvalue weighted by Crippen LogP contribution is 2.30. The molecule has 2 N–H and O–H groups in total. The van der Waals surface area contributed by atoms with Crippen LogP contribution in [-0.4, -0.2) is 17.0 Å². The first kappa shape index (κ1) is 11.7. The predicted octanol–water partition coefficient (Wildman–Crippen LogP) is 1.91. The SMILES string of the molecule is O=C1C[C@@H](c2ccc(Cl)cc2)C(C(=O)O)=CN1. The summed E-state index contributed by atoms with van der Waals surface area (Å²) >= 11 is 5.77. The third kappa shape index (κ3) is 2.47. The fourth-order valence-corrected chi connectivity index (χ4v) is 1.94. The molecular formula is C12H10ClNO3. The Hall–Kier alpha value is -1.81. The van der Waals surface area contributed by atoms with Crippen molar-refractivity contribution < 1.29 is 14.7 Å². The van der Waals surface area contributed by atoms with Crippen LogP contribution in [0.3, 0.4) is 0 Å². The largest absolute Gasteiger partial charge is 0.478 e. The molecule has 0 spiro atoms. The molecule has 0 unspecified atom stereocenters. The molecule has 0 radical (unpaired) electrons. The summed E-state index contributed by atoms with van der Waals surface area (Å²) in [6.07, 6.45) is 1.40. The van der Waals surface area contributed by atoms with E-state index in [-0.39, 0.29) is 17.9 Å². The quantitative estimate of drug-likeness (QED) is 0.844. The minimum atomic E-state index is -1.02. The smallest absolute Gasteiger partial charge is 0.333 e. The standard InChI is InChI=1S/C12H10ClNO3/c13-8-3-1-7(2-4-8)9-5-11(15)14-6-10(9)12(16)17/h1-4,6,9H,5H2,(H,14,15)(H,16,17)/t9-/m0/s1. The monoisotopic (exact) mass is 251 g/mol. The molecule has 1 aliphatic heterocycles. The topological polar surface area (TPSA) is 66.4 Å². The second kappa shape index (κ2) is 4.59. The molecule has 2 rings (SSSR count). The Balaban J connectivity index is 2.37. The molecule has 0 aliphatic carbocycles. The molecule has 1 atom stereocenters. The third-order valence-electron chi connectivity index (χ3n) is 2.67. The zero-order valence-corrected chi connectivity index (χ0v) is 9.57. The Bertz CT molecular complexity index is 493. The number of carboxylic acid groups (broad SMARTS) is 1. The summed E-state index contributed by atoms with van der Waals surface area (Å²) in [7, 11) is 0. The first-order valence-electron chi connectivity index (χ1n) is 5.06. The molecule has 1 aliphatic rings. The number of aliphatic carboxylic acids is 1. The fourth-order valence-electron chi connectivity index (χ4n) is 1.82. The van der Waals surface area contributed by atoms with E-state index in [1.54, 1.807) is 24.3 Å². The number of rotatable bonds is 2. The van der Waals surface area contributed by atoms with Crippen LogP contribution in [0.15, 0.2) is 36.0 Å². The molecule has 1 heterocycles. The van der Waals surface area contributed by atoms with E-state index >= 15 is 0 Å². The van der Waals surface area contributed by atoms with Gasteiger partial charge in [0.2, 0.25) is 5.91 Å². The second-order valence-electron chi connectivity index (χ2n) is 3.78. The van der Waals surface area contributed by atoms with Crippen molar-refractivity contribution in [2.45, 2.75) is 12.3 Å². The lowest BCUT2D eigenvalue weighted by Crippen LogP contribution is -2.29. The van der Waals surface area contributed by atoms with Gasteiger partial charge in [-0.1, -0.05) is 23.7 Å². The lowest BCUT2D eigenvalue weighted by molar-refractivity contribution is -0.133. The molecule has 88 valence electrons. The maximum absolute atomic E-state index is 11.3. The molecule has 0 bridgehead atoms. The van der Waals surface area contributed by atoms with Gasteiger partial charge >= 0.3 is 5.97 Å². The van der Waals surface area contributed by atoms with Gasteiger partial charge in [0.05, 0.1) is 5.57 Å². The number of carboxylic acids is 1. The van der Waals surface area contributed by atoms with Gasteiger partial charge in [0.15, 0.2) is 0 Å². The minimum Gasteiger partial charge on any atom is -0.478 e. The maximum atomic E-state index is 11.3. The Morgan fingerprint density at radius 1 is 1.35 bits per heavy atom. The van der Waals surface area contributed by atoms with E-state index in [1.807, 2.05) is 0 Å². The van der Waals surface area contributed by atoms with Crippen molar-refractivity contribution >= 4 is 23.5 Å². The number of nitrogens with one attached hydrogen (secondary N) is 1. The molecular weight excluding hydrogens is 242 g/mol. The average Bonchev–Trinajstić information content (AvgIpc) is 2.29. The van der Waals surface area contributed by atoms with Crippen LogP contribution in [0, 0.1) is 0 Å². The van der Waals surface area contributed by atoms with Crippen molar-refractivity contribution in [1.29, 1.82) is 0 Å². The van der Waals surface area contributed by atoms with E-state index in [1.165, 1.54) is 6.20 Å². The first-order valence-corrected chi connectivity index (χ1v) is 5.44. The number of halogens is 1. The normalized spacial score (nSPS) is 19.5. The number of benzene rings is 1. The van der Waals surface area contributed by atoms with Crippen LogP contribution in [-0.2, 0) is 9.59 Å². The summed E-state index contributed by atoms with van der Waals surface area (Å²) in [6.45, 7) is 0. The number of carbonyl (C=O) groups is 2. The van der Waals surface area contributed by atoms with Crippen LogP contribution in [0.5, 0.6) is 0 Å². The zero-order valence-electron chi connectivity index (χ0n) is 8.81. The van der Waals surface area contributed by atoms with E-state index in [2.05, 4.69) is 5.32 Å². The van der Waals surface area contributed by atoms with E-state index in [9.17, 15) is 9.59 Å². The van der Waals surface area contributed by atoms with Crippen molar-refractivity contribution in [1.82, 2.24) is 5.32 Å². The van der Waals surface area contributed by atoms with Gasteiger partial charge < -0.3 is 10.4 Å². The minimum absolute atomic E-state index is 0.139. The Morgan fingerprint density at radius 2 is 2.00 bits per heavy atom. The lowest BCUT2D eigenvalue weighted by atomic mass is 9.87. The highest BCUT2D eigenvalue weighted by molar-refractivity contribution is 6.30. The van der Waals surface area contributed by atoms with Crippen LogP contribution in [0.2, 0.25) is 5.02 Å². The third-order valence-corrected chi connectivity index (χ3v) is 2.92. The van der Waals surface area contributed by atoms with E-state index in [0.717, 1.165) is 5.56 Å². The summed E-state index contributed by atoms with van der Waals surface area (Å²) in [6, 6.07) is 6.84. The number of carbonyl (C=O) groups excluding carboxylic acids is 1. The van der Waals surface area contributed by atoms with Gasteiger partial charge in [0.1, 0.15) is 0 Å². The van der Waals surface area contributed by atoms with E-state index < -0.39 is 11.9 Å². The van der Waals surface area contributed by atoms with Crippen molar-refractivity contribution in [3.63, 3.8) is 0 Å². The lowest BCUT2D eigenvalue weighted by Gasteiger charge is -2.21. The molecule has 17 heavy (non-hydrogen) atoms. The van der Waals surface area contributed by atoms with Gasteiger partial charge in [0.25, 0.3) is 0 Å². The molecule has 5 heteroatoms. The van der Waals surface area contributed by atoms with Crippen LogP contribution >= 0.6 is 11.6 Å². The molecule has 0 aromatic heterocycles. The maximum Gasteiger partial charge on any atom is 0.333 e. The molecule has 0 fully saturated rings. The van der Waals surface area contributed by atoms with Gasteiger partial charge in [-0.3, -0.25) is 4.79 Å². The molecule has 1 aromatic carbocycles. The van der Waals surface area contributed by atoms with Gasteiger partial charge in [-0.15, -0.1) is 0 Å². The number of hydrogen-bond acceptors (Lipinski definition) is 2. The number of hydrogen-bond donors (Lipinski definition) is 2. The highest BCUT2D eigenvalue weighted by atomic mass is 35.5. The average molecular weight is 252 g/mol. The molecule has 0 saturated heterocycles. The van der Waals surface area contributed by atoms with Gasteiger partial charge in [-0.25, -0.2) is 4.79 Å². The Kier molecular flexibility index (Phi) is 3.15. The van der Waals surface area contributed by atoms with Crippen LogP contribution in [0.1, 0.15) is 17.9 Å². The van der Waals surface area contributed by atoms with Crippen molar-refractivity contribution in [3.8, 4) is 0 Å². The Morgan fingerprint density at radius 3 is 2.59 bits per heavy atom. The van der Waals surface area contributed by atoms with Gasteiger partial charge in [-0.05, 0) is 17.7 Å². The summed E-state index contributed by atoms with van der Waals surface area (Å²) in [4.78, 5) is 22.4. The first-order chi connectivity index (χ1) is 8.08. The molecule has 4 nitrogen and oxygen atoms in total. The van der Waals surface area contributed by atoms with Crippen LogP contribution < -0.4 is 5.32 Å².